The summed E-state index contributed by atoms with van der Waals surface area (Å²) >= 11 is 6.72. The lowest BCUT2D eigenvalue weighted by atomic mass is 10.1. The van der Waals surface area contributed by atoms with Gasteiger partial charge in [-0.15, -0.1) is 0 Å². The number of hydrogen-bond acceptors (Lipinski definition) is 4. The number of amides is 1. The van der Waals surface area contributed by atoms with Crippen molar-refractivity contribution in [3.05, 3.63) is 51.2 Å². The van der Waals surface area contributed by atoms with Gasteiger partial charge in [0.05, 0.1) is 12.8 Å². The van der Waals surface area contributed by atoms with E-state index in [2.05, 4.69) is 42.2 Å². The first-order valence-corrected chi connectivity index (χ1v) is 7.60. The first-order valence-electron chi connectivity index (χ1n) is 6.02. The molecule has 0 bridgehead atoms. The molecule has 2 rings (SSSR count). The first kappa shape index (κ1) is 15.8. The minimum Gasteiger partial charge on any atom is -0.497 e. The standard InChI is InChI=1S/C14H13Br2N3O2/c1-21-10-4-2-3-9(6-10)19-13(14(17)20)12-11(16)5-8(15)7-18-12/h2-7,13,19H,1H3,(H2,17,20). The summed E-state index contributed by atoms with van der Waals surface area (Å²) in [6.07, 6.45) is 1.61. The van der Waals surface area contributed by atoms with E-state index in [0.717, 1.165) is 10.2 Å². The summed E-state index contributed by atoms with van der Waals surface area (Å²) in [5, 5.41) is 3.07. The van der Waals surface area contributed by atoms with Crippen molar-refractivity contribution >= 4 is 43.5 Å². The van der Waals surface area contributed by atoms with Crippen molar-refractivity contribution in [1.29, 1.82) is 0 Å². The minimum absolute atomic E-state index is 0.520. The Balaban J connectivity index is 2.33. The maximum absolute atomic E-state index is 11.8. The highest BCUT2D eigenvalue weighted by Gasteiger charge is 2.22. The Kier molecular flexibility index (Phi) is 5.19. The van der Waals surface area contributed by atoms with Gasteiger partial charge in [0, 0.05) is 26.9 Å². The second-order valence-corrected chi connectivity index (χ2v) is 6.00. The number of carbonyl (C=O) groups is 1. The Labute approximate surface area is 139 Å². The molecule has 0 spiro atoms. The molecule has 1 amide bonds. The van der Waals surface area contributed by atoms with Gasteiger partial charge in [0.2, 0.25) is 5.91 Å². The normalized spacial score (nSPS) is 11.8. The minimum atomic E-state index is -0.750. The molecule has 0 aliphatic rings. The SMILES string of the molecule is COc1cccc(NC(C(N)=O)c2ncc(Br)cc2Br)c1. The highest BCUT2D eigenvalue weighted by Crippen LogP contribution is 2.28. The molecular weight excluding hydrogens is 402 g/mol. The van der Waals surface area contributed by atoms with Crippen molar-refractivity contribution in [2.24, 2.45) is 5.73 Å². The number of hydrogen-bond donors (Lipinski definition) is 2. The molecule has 5 nitrogen and oxygen atoms in total. The third-order valence-corrected chi connectivity index (χ3v) is 3.84. The largest absolute Gasteiger partial charge is 0.497 e. The topological polar surface area (TPSA) is 77.2 Å². The lowest BCUT2D eigenvalue weighted by Gasteiger charge is -2.18. The average molecular weight is 415 g/mol. The van der Waals surface area contributed by atoms with Crippen molar-refractivity contribution in [3.8, 4) is 5.75 Å². The lowest BCUT2D eigenvalue weighted by Crippen LogP contribution is -2.28. The van der Waals surface area contributed by atoms with E-state index in [1.165, 1.54) is 0 Å². The molecule has 3 N–H and O–H groups in total. The van der Waals surface area contributed by atoms with Gasteiger partial charge < -0.3 is 15.8 Å². The summed E-state index contributed by atoms with van der Waals surface area (Å²) in [5.41, 5.74) is 6.73. The molecule has 1 atom stereocenters. The monoisotopic (exact) mass is 413 g/mol. The fourth-order valence-corrected chi connectivity index (χ4v) is 3.01. The van der Waals surface area contributed by atoms with Crippen molar-refractivity contribution in [1.82, 2.24) is 4.98 Å². The van der Waals surface area contributed by atoms with Gasteiger partial charge >= 0.3 is 0 Å². The van der Waals surface area contributed by atoms with Crippen LogP contribution >= 0.6 is 31.9 Å². The summed E-state index contributed by atoms with van der Waals surface area (Å²) in [6, 6.07) is 8.31. The number of nitrogens with one attached hydrogen (secondary N) is 1. The molecule has 1 aromatic heterocycles. The van der Waals surface area contributed by atoms with Crippen molar-refractivity contribution in [2.75, 3.05) is 12.4 Å². The van der Waals surface area contributed by atoms with Crippen LogP contribution in [0.2, 0.25) is 0 Å². The van der Waals surface area contributed by atoms with Gasteiger partial charge in [0.15, 0.2) is 0 Å². The predicted octanol–water partition coefficient (Wildman–Crippen LogP) is 3.25. The molecule has 0 radical (unpaired) electrons. The lowest BCUT2D eigenvalue weighted by molar-refractivity contribution is -0.118. The quantitative estimate of drug-likeness (QED) is 0.787. The van der Waals surface area contributed by atoms with Gasteiger partial charge in [-0.05, 0) is 50.1 Å². The van der Waals surface area contributed by atoms with E-state index >= 15 is 0 Å². The number of nitrogens with two attached hydrogens (primary N) is 1. The predicted molar refractivity (Wildman–Crippen MR) is 88.2 cm³/mol. The number of anilines is 1. The molecular formula is C14H13Br2N3O2. The van der Waals surface area contributed by atoms with Gasteiger partial charge in [0.25, 0.3) is 0 Å². The van der Waals surface area contributed by atoms with E-state index in [4.69, 9.17) is 10.5 Å². The Hall–Kier alpha value is -1.60. The van der Waals surface area contributed by atoms with Crippen LogP contribution in [0.25, 0.3) is 0 Å². The average Bonchev–Trinajstić information content (AvgIpc) is 2.45. The third kappa shape index (κ3) is 3.95. The number of rotatable bonds is 5. The molecule has 0 saturated heterocycles. The third-order valence-electron chi connectivity index (χ3n) is 2.77. The van der Waals surface area contributed by atoms with Gasteiger partial charge in [-0.1, -0.05) is 6.07 Å². The van der Waals surface area contributed by atoms with E-state index in [1.807, 2.05) is 24.3 Å². The number of methoxy groups -OCH3 is 1. The second kappa shape index (κ2) is 6.91. The molecule has 2 aromatic rings. The van der Waals surface area contributed by atoms with E-state index in [0.29, 0.717) is 15.9 Å². The zero-order valence-corrected chi connectivity index (χ0v) is 14.3. The molecule has 110 valence electrons. The van der Waals surface area contributed by atoms with E-state index < -0.39 is 11.9 Å². The molecule has 1 aromatic carbocycles. The molecule has 1 heterocycles. The number of aromatic nitrogens is 1. The number of pyridine rings is 1. The molecule has 21 heavy (non-hydrogen) atoms. The molecule has 7 heteroatoms. The number of halogens is 2. The van der Waals surface area contributed by atoms with Crippen LogP contribution in [-0.2, 0) is 4.79 Å². The number of benzene rings is 1. The van der Waals surface area contributed by atoms with Crippen LogP contribution in [0.15, 0.2) is 45.5 Å². The van der Waals surface area contributed by atoms with Crippen LogP contribution in [0.3, 0.4) is 0 Å². The van der Waals surface area contributed by atoms with Crippen LogP contribution in [0, 0.1) is 0 Å². The van der Waals surface area contributed by atoms with Crippen LogP contribution < -0.4 is 15.8 Å². The van der Waals surface area contributed by atoms with Crippen molar-refractivity contribution in [2.45, 2.75) is 6.04 Å². The van der Waals surface area contributed by atoms with E-state index in [1.54, 1.807) is 19.4 Å². The molecule has 0 aliphatic carbocycles. The molecule has 0 aliphatic heterocycles. The molecule has 0 saturated carbocycles. The van der Waals surface area contributed by atoms with Gasteiger partial charge in [-0.2, -0.15) is 0 Å². The molecule has 0 fully saturated rings. The van der Waals surface area contributed by atoms with Gasteiger partial charge in [-0.3, -0.25) is 9.78 Å². The van der Waals surface area contributed by atoms with E-state index in [-0.39, 0.29) is 0 Å². The number of carbonyl (C=O) groups excluding carboxylic acids is 1. The van der Waals surface area contributed by atoms with Crippen molar-refractivity contribution < 1.29 is 9.53 Å². The number of nitrogens with zero attached hydrogens (tertiary/aromatic N) is 1. The van der Waals surface area contributed by atoms with Crippen LogP contribution in [-0.4, -0.2) is 18.0 Å². The van der Waals surface area contributed by atoms with E-state index in [9.17, 15) is 4.79 Å². The fraction of sp³-hybridized carbons (Fsp3) is 0.143. The smallest absolute Gasteiger partial charge is 0.246 e. The maximum atomic E-state index is 11.8. The van der Waals surface area contributed by atoms with Gasteiger partial charge in [-0.25, -0.2) is 0 Å². The summed E-state index contributed by atoms with van der Waals surface area (Å²) in [5.74, 6) is 0.166. The van der Waals surface area contributed by atoms with Gasteiger partial charge in [0.1, 0.15) is 11.8 Å². The molecule has 1 unspecified atom stereocenters. The van der Waals surface area contributed by atoms with Crippen molar-refractivity contribution in [3.63, 3.8) is 0 Å². The van der Waals surface area contributed by atoms with Crippen LogP contribution in [0.1, 0.15) is 11.7 Å². The Bertz CT molecular complexity index is 664. The summed E-state index contributed by atoms with van der Waals surface area (Å²) in [4.78, 5) is 16.0. The first-order chi connectivity index (χ1) is 10.0. The van der Waals surface area contributed by atoms with Crippen LogP contribution in [0.4, 0.5) is 5.69 Å². The van der Waals surface area contributed by atoms with Crippen LogP contribution in [0.5, 0.6) is 5.75 Å². The number of primary amides is 1. The zero-order chi connectivity index (χ0) is 15.4. The Morgan fingerprint density at radius 2 is 2.14 bits per heavy atom. The highest BCUT2D eigenvalue weighted by atomic mass is 79.9. The Morgan fingerprint density at radius 3 is 2.76 bits per heavy atom. The summed E-state index contributed by atoms with van der Waals surface area (Å²) in [6.45, 7) is 0. The second-order valence-electron chi connectivity index (χ2n) is 4.23. The Morgan fingerprint density at radius 1 is 1.38 bits per heavy atom. The highest BCUT2D eigenvalue weighted by molar-refractivity contribution is 9.11. The fourth-order valence-electron chi connectivity index (χ4n) is 1.79. The zero-order valence-electron chi connectivity index (χ0n) is 11.1. The summed E-state index contributed by atoms with van der Waals surface area (Å²) in [7, 11) is 1.58. The summed E-state index contributed by atoms with van der Waals surface area (Å²) < 4.78 is 6.65. The maximum Gasteiger partial charge on any atom is 0.246 e. The number of ether oxygens (including phenoxy) is 1.